The quantitative estimate of drug-likeness (QED) is 0.483. The summed E-state index contributed by atoms with van der Waals surface area (Å²) >= 11 is 0. The Morgan fingerprint density at radius 2 is 1.74 bits per heavy atom. The molecule has 3 aromatic rings. The number of aliphatic hydroxyl groups is 1. The smallest absolute Gasteiger partial charge is 0.395 e. The lowest BCUT2D eigenvalue weighted by atomic mass is 9.99. The average Bonchev–Trinajstić information content (AvgIpc) is 3.54. The Morgan fingerprint density at radius 1 is 1.00 bits per heavy atom. The number of pyridine rings is 1. The third kappa shape index (κ3) is 5.07. The minimum atomic E-state index is -4.48. The molecule has 6 rings (SSSR count). The van der Waals surface area contributed by atoms with E-state index in [1.807, 2.05) is 4.90 Å². The molecule has 1 N–H and O–H groups in total. The largest absolute Gasteiger partial charge is 0.416 e. The van der Waals surface area contributed by atoms with Crippen molar-refractivity contribution in [1.82, 2.24) is 24.6 Å². The second kappa shape index (κ2) is 10.4. The molecule has 4 heterocycles. The summed E-state index contributed by atoms with van der Waals surface area (Å²) < 4.78 is 42.2. The number of amides is 1. The average molecular weight is 540 g/mol. The third-order valence-electron chi connectivity index (χ3n) is 8.32. The predicted molar refractivity (Wildman–Crippen MR) is 140 cm³/mol. The molecule has 1 saturated carbocycles. The molecule has 0 spiro atoms. The molecule has 1 atom stereocenters. The van der Waals surface area contributed by atoms with Gasteiger partial charge in [-0.25, -0.2) is 4.68 Å². The van der Waals surface area contributed by atoms with E-state index in [2.05, 4.69) is 9.88 Å². The number of aromatic nitrogens is 3. The van der Waals surface area contributed by atoms with Gasteiger partial charge in [0.2, 0.25) is 0 Å². The monoisotopic (exact) mass is 539 g/mol. The van der Waals surface area contributed by atoms with Gasteiger partial charge in [0.1, 0.15) is 5.69 Å². The van der Waals surface area contributed by atoms with Gasteiger partial charge in [0.25, 0.3) is 5.91 Å². The Morgan fingerprint density at radius 3 is 2.41 bits per heavy atom. The highest BCUT2D eigenvalue weighted by molar-refractivity contribution is 6.01. The molecule has 0 unspecified atom stereocenters. The summed E-state index contributed by atoms with van der Waals surface area (Å²) in [6.45, 7) is 2.32. The maximum absolute atomic E-state index is 14.2. The molecule has 2 aliphatic heterocycles. The number of piperidine rings is 1. The topological polar surface area (TPSA) is 74.5 Å². The van der Waals surface area contributed by atoms with E-state index in [1.165, 1.54) is 6.07 Å². The predicted octanol–water partition coefficient (Wildman–Crippen LogP) is 4.89. The van der Waals surface area contributed by atoms with E-state index in [9.17, 15) is 23.1 Å². The Balaban J connectivity index is 1.37. The number of hydrogen-bond donors (Lipinski definition) is 1. The first-order valence-corrected chi connectivity index (χ1v) is 13.7. The minimum absolute atomic E-state index is 0.0639. The van der Waals surface area contributed by atoms with Crippen molar-refractivity contribution in [1.29, 1.82) is 0 Å². The molecule has 7 nitrogen and oxygen atoms in total. The van der Waals surface area contributed by atoms with Crippen LogP contribution in [0.1, 0.15) is 66.1 Å². The van der Waals surface area contributed by atoms with Crippen LogP contribution in [0.5, 0.6) is 0 Å². The molecule has 206 valence electrons. The van der Waals surface area contributed by atoms with Crippen LogP contribution in [0.3, 0.4) is 0 Å². The standard InChI is InChI=1S/C29H32F3N5O2/c30-29(31,32)21-3-1-4-23(17-21)37-27(20-6-7-20)25(26(34-37)19-8-12-33-13-9-19)28(39)35-15-10-22(11-16-35)36-14-2-5-24(36)18-38/h1,3-4,8-9,12-13,17,20,22,24,38H,2,5-7,10-11,14-16,18H2/t24-/m0/s1. The molecule has 1 aliphatic carbocycles. The lowest BCUT2D eigenvalue weighted by Gasteiger charge is -2.39. The van der Waals surface area contributed by atoms with Crippen LogP contribution in [0.2, 0.25) is 0 Å². The lowest BCUT2D eigenvalue weighted by molar-refractivity contribution is -0.137. The van der Waals surface area contributed by atoms with E-state index < -0.39 is 11.7 Å². The summed E-state index contributed by atoms with van der Waals surface area (Å²) in [4.78, 5) is 22.5. The fraction of sp³-hybridized carbons (Fsp3) is 0.483. The van der Waals surface area contributed by atoms with Gasteiger partial charge in [0.05, 0.1) is 29.1 Å². The van der Waals surface area contributed by atoms with E-state index in [-0.39, 0.29) is 24.5 Å². The molecular weight excluding hydrogens is 507 g/mol. The number of likely N-dealkylation sites (tertiary alicyclic amines) is 2. The number of carbonyl (C=O) groups excluding carboxylic acids is 1. The van der Waals surface area contributed by atoms with Gasteiger partial charge in [0, 0.05) is 49.0 Å². The van der Waals surface area contributed by atoms with Gasteiger partial charge in [0.15, 0.2) is 0 Å². The highest BCUT2D eigenvalue weighted by Gasteiger charge is 2.40. The van der Waals surface area contributed by atoms with Crippen molar-refractivity contribution >= 4 is 5.91 Å². The zero-order valence-corrected chi connectivity index (χ0v) is 21.6. The van der Waals surface area contributed by atoms with Crippen LogP contribution in [0.15, 0.2) is 48.8 Å². The number of nitrogens with zero attached hydrogens (tertiary/aromatic N) is 5. The fourth-order valence-corrected chi connectivity index (χ4v) is 6.19. The Hall–Kier alpha value is -3.24. The van der Waals surface area contributed by atoms with Crippen LogP contribution in [0.25, 0.3) is 16.9 Å². The first kappa shape index (κ1) is 26.0. The van der Waals surface area contributed by atoms with E-state index in [0.29, 0.717) is 47.3 Å². The second-order valence-corrected chi connectivity index (χ2v) is 10.8. The first-order chi connectivity index (χ1) is 18.8. The second-order valence-electron chi connectivity index (χ2n) is 10.8. The van der Waals surface area contributed by atoms with Crippen LogP contribution >= 0.6 is 0 Å². The summed E-state index contributed by atoms with van der Waals surface area (Å²) in [7, 11) is 0. The zero-order chi connectivity index (χ0) is 27.1. The van der Waals surface area contributed by atoms with Gasteiger partial charge in [-0.1, -0.05) is 6.07 Å². The summed E-state index contributed by atoms with van der Waals surface area (Å²) in [5, 5.41) is 14.5. The van der Waals surface area contributed by atoms with Crippen LogP contribution < -0.4 is 0 Å². The number of halogens is 3. The van der Waals surface area contributed by atoms with Gasteiger partial charge in [-0.2, -0.15) is 18.3 Å². The zero-order valence-electron chi connectivity index (χ0n) is 21.6. The van der Waals surface area contributed by atoms with Gasteiger partial charge >= 0.3 is 6.18 Å². The molecule has 3 fully saturated rings. The SMILES string of the molecule is O=C(c1c(-c2ccncc2)nn(-c2cccc(C(F)(F)F)c2)c1C1CC1)N1CCC(N2CCC[C@H]2CO)CC1. The van der Waals surface area contributed by atoms with Crippen molar-refractivity contribution in [3.8, 4) is 16.9 Å². The summed E-state index contributed by atoms with van der Waals surface area (Å²) in [5.74, 6) is -0.0606. The van der Waals surface area contributed by atoms with Gasteiger partial charge in [-0.05, 0) is 75.4 Å². The molecule has 0 bridgehead atoms. The third-order valence-corrected chi connectivity index (χ3v) is 8.32. The number of carbonyl (C=O) groups is 1. The van der Waals surface area contributed by atoms with E-state index in [4.69, 9.17) is 5.10 Å². The highest BCUT2D eigenvalue weighted by Crippen LogP contribution is 2.46. The van der Waals surface area contributed by atoms with Crippen LogP contribution in [-0.4, -0.2) is 73.9 Å². The van der Waals surface area contributed by atoms with E-state index in [1.54, 1.807) is 35.3 Å². The molecule has 2 aromatic heterocycles. The fourth-order valence-electron chi connectivity index (χ4n) is 6.19. The van der Waals surface area contributed by atoms with Crippen molar-refractivity contribution in [2.24, 2.45) is 0 Å². The number of hydrogen-bond acceptors (Lipinski definition) is 5. The van der Waals surface area contributed by atoms with Gasteiger partial charge in [-0.3, -0.25) is 14.7 Å². The summed E-state index contributed by atoms with van der Waals surface area (Å²) in [5.41, 5.74) is 1.90. The molecule has 10 heteroatoms. The van der Waals surface area contributed by atoms with Crippen LogP contribution in [-0.2, 0) is 6.18 Å². The van der Waals surface area contributed by atoms with Crippen LogP contribution in [0.4, 0.5) is 13.2 Å². The number of rotatable bonds is 6. The molecule has 39 heavy (non-hydrogen) atoms. The summed E-state index contributed by atoms with van der Waals surface area (Å²) in [6, 6.07) is 9.23. The molecule has 1 aromatic carbocycles. The van der Waals surface area contributed by atoms with E-state index >= 15 is 0 Å². The molecule has 2 saturated heterocycles. The van der Waals surface area contributed by atoms with Crippen molar-refractivity contribution < 1.29 is 23.1 Å². The Kier molecular flexibility index (Phi) is 6.93. The van der Waals surface area contributed by atoms with E-state index in [0.717, 1.165) is 57.2 Å². The molecular formula is C29H32F3N5O2. The van der Waals surface area contributed by atoms with Crippen molar-refractivity contribution in [2.45, 2.75) is 62.7 Å². The number of benzene rings is 1. The van der Waals surface area contributed by atoms with Crippen molar-refractivity contribution in [2.75, 3.05) is 26.2 Å². The van der Waals surface area contributed by atoms with Gasteiger partial charge in [-0.15, -0.1) is 0 Å². The van der Waals surface area contributed by atoms with Crippen molar-refractivity contribution in [3.63, 3.8) is 0 Å². The maximum atomic E-state index is 14.2. The summed E-state index contributed by atoms with van der Waals surface area (Å²) in [6.07, 6.45) is 4.24. The molecule has 3 aliphatic rings. The first-order valence-electron chi connectivity index (χ1n) is 13.7. The normalized spacial score (nSPS) is 21.0. The number of alkyl halides is 3. The Labute approximate surface area is 225 Å². The van der Waals surface area contributed by atoms with Crippen LogP contribution in [0, 0.1) is 0 Å². The molecule has 1 amide bonds. The van der Waals surface area contributed by atoms with Crippen molar-refractivity contribution in [3.05, 3.63) is 65.6 Å². The highest BCUT2D eigenvalue weighted by atomic mass is 19.4. The molecule has 0 radical (unpaired) electrons. The number of aliphatic hydroxyl groups excluding tert-OH is 1. The Bertz CT molecular complexity index is 1330. The van der Waals surface area contributed by atoms with Gasteiger partial charge < -0.3 is 10.0 Å². The maximum Gasteiger partial charge on any atom is 0.416 e. The lowest BCUT2D eigenvalue weighted by Crippen LogP contribution is -2.49. The minimum Gasteiger partial charge on any atom is -0.395 e.